The van der Waals surface area contributed by atoms with E-state index in [4.69, 9.17) is 9.84 Å². The summed E-state index contributed by atoms with van der Waals surface area (Å²) in [4.78, 5) is 22.8. The van der Waals surface area contributed by atoms with Gasteiger partial charge in [-0.15, -0.1) is 0 Å². The molecular weight excluding hydrogens is 336 g/mol. The minimum Gasteiger partial charge on any atom is -0.481 e. The topological polar surface area (TPSA) is 107 Å². The predicted octanol–water partition coefficient (Wildman–Crippen LogP) is 2.46. The van der Waals surface area contributed by atoms with Crippen LogP contribution in [0, 0.1) is 11.8 Å². The van der Waals surface area contributed by atoms with Crippen molar-refractivity contribution in [1.29, 1.82) is 0 Å². The lowest BCUT2D eigenvalue weighted by Gasteiger charge is -2.17. The third-order valence-electron chi connectivity index (χ3n) is 5.44. The molecule has 0 radical (unpaired) electrons. The first-order valence-electron chi connectivity index (χ1n) is 9.86. The van der Waals surface area contributed by atoms with E-state index in [1.54, 1.807) is 12.2 Å². The summed E-state index contributed by atoms with van der Waals surface area (Å²) >= 11 is 0. The monoisotopic (exact) mass is 368 g/mol. The maximum atomic E-state index is 12.2. The first-order valence-corrected chi connectivity index (χ1v) is 9.86. The van der Waals surface area contributed by atoms with Crippen LogP contribution in [0.3, 0.4) is 0 Å². The molecule has 2 fully saturated rings. The van der Waals surface area contributed by atoms with Gasteiger partial charge in [-0.3, -0.25) is 9.59 Å². The van der Waals surface area contributed by atoms with Crippen LogP contribution in [0.4, 0.5) is 0 Å². The minimum atomic E-state index is -0.806. The van der Waals surface area contributed by atoms with Crippen LogP contribution in [0.5, 0.6) is 0 Å². The van der Waals surface area contributed by atoms with E-state index < -0.39 is 18.2 Å². The standard InChI is InChI=1S/C20H32O6/c1-2-3-4-6-13(21)9-10-14-15(17(23)12-16(14)22)11-19-18(26-19)7-5-8-20(24)25/h9-10,13-16,18-19,21-22H,2-8,11-12H2,1H3,(H,24,25)/b10-9+/t13-,14-,15-,16-,18?,19?/m0/s1. The predicted molar refractivity (Wildman–Crippen MR) is 96.7 cm³/mol. The number of epoxide rings is 1. The largest absolute Gasteiger partial charge is 0.481 e. The van der Waals surface area contributed by atoms with E-state index >= 15 is 0 Å². The molecule has 148 valence electrons. The second-order valence-electron chi connectivity index (χ2n) is 7.60. The summed E-state index contributed by atoms with van der Waals surface area (Å²) < 4.78 is 5.58. The Morgan fingerprint density at radius 1 is 1.31 bits per heavy atom. The maximum Gasteiger partial charge on any atom is 0.303 e. The lowest BCUT2D eigenvalue weighted by molar-refractivity contribution is -0.137. The van der Waals surface area contributed by atoms with Crippen LogP contribution < -0.4 is 0 Å². The van der Waals surface area contributed by atoms with Gasteiger partial charge in [0.15, 0.2) is 0 Å². The lowest BCUT2D eigenvalue weighted by Crippen LogP contribution is -2.21. The lowest BCUT2D eigenvalue weighted by atomic mass is 9.88. The summed E-state index contributed by atoms with van der Waals surface area (Å²) in [5.41, 5.74) is 0. The van der Waals surface area contributed by atoms with Crippen molar-refractivity contribution in [3.05, 3.63) is 12.2 Å². The van der Waals surface area contributed by atoms with Gasteiger partial charge in [-0.2, -0.15) is 0 Å². The molecule has 2 unspecified atom stereocenters. The van der Waals surface area contributed by atoms with Crippen molar-refractivity contribution in [2.75, 3.05) is 0 Å². The highest BCUT2D eigenvalue weighted by Crippen LogP contribution is 2.40. The van der Waals surface area contributed by atoms with Gasteiger partial charge in [-0.25, -0.2) is 0 Å². The van der Waals surface area contributed by atoms with Crippen LogP contribution in [-0.2, 0) is 14.3 Å². The number of carboxylic acids is 1. The number of ether oxygens (including phenoxy) is 1. The van der Waals surface area contributed by atoms with Gasteiger partial charge in [0.2, 0.25) is 0 Å². The third-order valence-corrected chi connectivity index (χ3v) is 5.44. The zero-order valence-electron chi connectivity index (χ0n) is 15.5. The Morgan fingerprint density at radius 3 is 2.77 bits per heavy atom. The van der Waals surface area contributed by atoms with Gasteiger partial charge >= 0.3 is 5.97 Å². The van der Waals surface area contributed by atoms with Crippen molar-refractivity contribution >= 4 is 11.8 Å². The highest BCUT2D eigenvalue weighted by Gasteiger charge is 2.47. The molecular formula is C20H32O6. The van der Waals surface area contributed by atoms with E-state index in [0.29, 0.717) is 25.7 Å². The number of rotatable bonds is 12. The molecule has 0 aromatic rings. The quantitative estimate of drug-likeness (QED) is 0.277. The summed E-state index contributed by atoms with van der Waals surface area (Å²) in [5, 5.41) is 28.9. The van der Waals surface area contributed by atoms with Crippen molar-refractivity contribution in [2.45, 2.75) is 89.1 Å². The number of Topliss-reactive ketones (excluding diaryl/α,β-unsaturated/α-hetero) is 1. The normalized spacial score (nSPS) is 32.3. The summed E-state index contributed by atoms with van der Waals surface area (Å²) in [6, 6.07) is 0. The maximum absolute atomic E-state index is 12.2. The number of aliphatic hydroxyl groups is 2. The van der Waals surface area contributed by atoms with Gasteiger partial charge in [-0.1, -0.05) is 38.3 Å². The van der Waals surface area contributed by atoms with Crippen molar-refractivity contribution in [2.24, 2.45) is 11.8 Å². The molecule has 0 amide bonds. The second kappa shape index (κ2) is 10.2. The smallest absolute Gasteiger partial charge is 0.303 e. The van der Waals surface area contributed by atoms with Crippen molar-refractivity contribution in [3.63, 3.8) is 0 Å². The molecule has 3 N–H and O–H groups in total. The van der Waals surface area contributed by atoms with Crippen LogP contribution in [-0.4, -0.2) is 51.5 Å². The molecule has 0 aromatic carbocycles. The first-order chi connectivity index (χ1) is 12.4. The van der Waals surface area contributed by atoms with Gasteiger partial charge in [-0.05, 0) is 25.7 Å². The van der Waals surface area contributed by atoms with E-state index in [2.05, 4.69) is 6.92 Å². The number of aliphatic carboxylic acids is 1. The molecule has 6 nitrogen and oxygen atoms in total. The molecule has 1 aliphatic heterocycles. The molecule has 26 heavy (non-hydrogen) atoms. The fourth-order valence-corrected chi connectivity index (χ4v) is 3.83. The molecule has 0 aromatic heterocycles. The van der Waals surface area contributed by atoms with E-state index in [1.807, 2.05) is 0 Å². The number of unbranched alkanes of at least 4 members (excludes halogenated alkanes) is 2. The Kier molecular flexibility index (Phi) is 8.25. The van der Waals surface area contributed by atoms with E-state index in [1.165, 1.54) is 0 Å². The summed E-state index contributed by atoms with van der Waals surface area (Å²) in [5.74, 6) is -1.31. The van der Waals surface area contributed by atoms with Gasteiger partial charge in [0.1, 0.15) is 5.78 Å². The van der Waals surface area contributed by atoms with E-state index in [0.717, 1.165) is 19.3 Å². The number of carbonyl (C=O) groups is 2. The highest BCUT2D eigenvalue weighted by molar-refractivity contribution is 5.84. The average molecular weight is 368 g/mol. The molecule has 6 heteroatoms. The van der Waals surface area contributed by atoms with Gasteiger partial charge in [0.05, 0.1) is 24.4 Å². The van der Waals surface area contributed by atoms with Crippen molar-refractivity contribution in [1.82, 2.24) is 0 Å². The van der Waals surface area contributed by atoms with Gasteiger partial charge < -0.3 is 20.1 Å². The van der Waals surface area contributed by atoms with Gasteiger partial charge in [0, 0.05) is 24.7 Å². The number of carboxylic acid groups (broad SMARTS) is 1. The molecule has 1 heterocycles. The molecule has 1 aliphatic carbocycles. The Hall–Kier alpha value is -1.24. The van der Waals surface area contributed by atoms with E-state index in [9.17, 15) is 19.8 Å². The molecule has 2 aliphatic rings. The van der Waals surface area contributed by atoms with Gasteiger partial charge in [0.25, 0.3) is 0 Å². The highest BCUT2D eigenvalue weighted by atomic mass is 16.6. The molecule has 2 rings (SSSR count). The number of hydrogen-bond acceptors (Lipinski definition) is 5. The number of ketones is 1. The summed E-state index contributed by atoms with van der Waals surface area (Å²) in [6.45, 7) is 2.11. The SMILES string of the molecule is CCCCC[C@H](O)/C=C/[C@H]1[C@H](CC2OC2CCCC(=O)O)C(=O)C[C@@H]1O. The van der Waals surface area contributed by atoms with Crippen molar-refractivity contribution in [3.8, 4) is 0 Å². The minimum absolute atomic E-state index is 0.0200. The molecule has 1 saturated carbocycles. The Labute approximate surface area is 155 Å². The van der Waals surface area contributed by atoms with Crippen molar-refractivity contribution < 1.29 is 29.6 Å². The van der Waals surface area contributed by atoms with Crippen LogP contribution in [0.15, 0.2) is 12.2 Å². The zero-order valence-corrected chi connectivity index (χ0v) is 15.5. The second-order valence-corrected chi connectivity index (χ2v) is 7.60. The summed E-state index contributed by atoms with van der Waals surface area (Å²) in [7, 11) is 0. The molecule has 1 saturated heterocycles. The van der Waals surface area contributed by atoms with Crippen LogP contribution in [0.25, 0.3) is 0 Å². The Morgan fingerprint density at radius 2 is 2.08 bits per heavy atom. The summed E-state index contributed by atoms with van der Waals surface area (Å²) in [6.07, 6.45) is 8.26. The average Bonchev–Trinajstić information content (AvgIpc) is 3.25. The number of carbonyl (C=O) groups excluding carboxylic acids is 1. The fourth-order valence-electron chi connectivity index (χ4n) is 3.83. The third kappa shape index (κ3) is 6.49. The number of hydrogen-bond donors (Lipinski definition) is 3. The number of aliphatic hydroxyl groups excluding tert-OH is 2. The Bertz CT molecular complexity index is 503. The van der Waals surface area contributed by atoms with E-state index in [-0.39, 0.29) is 42.7 Å². The fraction of sp³-hybridized carbons (Fsp3) is 0.800. The zero-order chi connectivity index (χ0) is 19.1. The first kappa shape index (κ1) is 21.1. The van der Waals surface area contributed by atoms with Crippen LogP contribution >= 0.6 is 0 Å². The molecule has 0 bridgehead atoms. The molecule has 6 atom stereocenters. The Balaban J connectivity index is 1.80. The van der Waals surface area contributed by atoms with Crippen LogP contribution in [0.2, 0.25) is 0 Å². The van der Waals surface area contributed by atoms with Crippen LogP contribution in [0.1, 0.15) is 64.7 Å². The molecule has 0 spiro atoms.